The SMILES string of the molecule is CNc1cccc(N(C)CCOC)c1[N+](=O)[O-]. The molecule has 0 aromatic heterocycles. The predicted molar refractivity (Wildman–Crippen MR) is 67.8 cm³/mol. The molecule has 6 nitrogen and oxygen atoms in total. The minimum absolute atomic E-state index is 0.0913. The zero-order valence-electron chi connectivity index (χ0n) is 10.3. The number of likely N-dealkylation sites (N-methyl/N-ethyl adjacent to an activating group) is 1. The third kappa shape index (κ3) is 3.07. The molecule has 0 amide bonds. The van der Waals surface area contributed by atoms with Crippen LogP contribution in [0.5, 0.6) is 0 Å². The molecule has 0 heterocycles. The first-order valence-electron chi connectivity index (χ1n) is 5.27. The monoisotopic (exact) mass is 239 g/mol. The molecule has 0 spiro atoms. The molecule has 0 atom stereocenters. The maximum absolute atomic E-state index is 11.1. The summed E-state index contributed by atoms with van der Waals surface area (Å²) in [6, 6.07) is 5.21. The van der Waals surface area contributed by atoms with E-state index in [9.17, 15) is 10.1 Å². The van der Waals surface area contributed by atoms with Crippen LogP contribution in [0.2, 0.25) is 0 Å². The van der Waals surface area contributed by atoms with E-state index in [0.717, 1.165) is 0 Å². The molecule has 0 unspecified atom stereocenters. The first-order valence-corrected chi connectivity index (χ1v) is 5.27. The second kappa shape index (κ2) is 6.05. The van der Waals surface area contributed by atoms with E-state index >= 15 is 0 Å². The number of hydrogen-bond donors (Lipinski definition) is 1. The zero-order chi connectivity index (χ0) is 12.8. The summed E-state index contributed by atoms with van der Waals surface area (Å²) in [5.41, 5.74) is 1.18. The Balaban J connectivity index is 3.09. The Morgan fingerprint density at radius 1 is 1.53 bits per heavy atom. The first-order chi connectivity index (χ1) is 8.11. The molecule has 0 saturated carbocycles. The molecule has 17 heavy (non-hydrogen) atoms. The molecule has 94 valence electrons. The van der Waals surface area contributed by atoms with E-state index in [1.54, 1.807) is 39.4 Å². The Labute approximate surface area is 100 Å². The van der Waals surface area contributed by atoms with Crippen LogP contribution in [0.3, 0.4) is 0 Å². The Kier molecular flexibility index (Phi) is 4.71. The van der Waals surface area contributed by atoms with Gasteiger partial charge in [-0.1, -0.05) is 6.07 Å². The fourth-order valence-corrected chi connectivity index (χ4v) is 1.58. The lowest BCUT2D eigenvalue weighted by molar-refractivity contribution is -0.383. The van der Waals surface area contributed by atoms with Gasteiger partial charge >= 0.3 is 5.69 Å². The molecular weight excluding hydrogens is 222 g/mol. The van der Waals surface area contributed by atoms with E-state index < -0.39 is 0 Å². The predicted octanol–water partition coefficient (Wildman–Crippen LogP) is 1.72. The van der Waals surface area contributed by atoms with Crippen LogP contribution in [0.1, 0.15) is 0 Å². The summed E-state index contributed by atoms with van der Waals surface area (Å²) in [6.07, 6.45) is 0. The number of nitrogens with one attached hydrogen (secondary N) is 1. The third-order valence-corrected chi connectivity index (χ3v) is 2.51. The molecule has 0 fully saturated rings. The van der Waals surface area contributed by atoms with Crippen molar-refractivity contribution in [2.75, 3.05) is 44.6 Å². The maximum atomic E-state index is 11.1. The van der Waals surface area contributed by atoms with Crippen LogP contribution in [0.4, 0.5) is 17.1 Å². The summed E-state index contributed by atoms with van der Waals surface area (Å²) < 4.78 is 4.96. The maximum Gasteiger partial charge on any atom is 0.315 e. The van der Waals surface area contributed by atoms with E-state index in [-0.39, 0.29) is 10.6 Å². The van der Waals surface area contributed by atoms with Gasteiger partial charge < -0.3 is 15.0 Å². The molecule has 0 bridgehead atoms. The minimum Gasteiger partial charge on any atom is -0.383 e. The minimum atomic E-state index is -0.371. The molecule has 0 saturated heterocycles. The van der Waals surface area contributed by atoms with E-state index in [2.05, 4.69) is 5.32 Å². The van der Waals surface area contributed by atoms with Crippen molar-refractivity contribution < 1.29 is 9.66 Å². The molecular formula is C11H17N3O3. The van der Waals surface area contributed by atoms with Gasteiger partial charge in [0.15, 0.2) is 0 Å². The fourth-order valence-electron chi connectivity index (χ4n) is 1.58. The van der Waals surface area contributed by atoms with E-state index in [0.29, 0.717) is 24.5 Å². The van der Waals surface area contributed by atoms with Gasteiger partial charge in [0.2, 0.25) is 0 Å². The standard InChI is InChI=1S/C11H17N3O3/c1-12-9-5-4-6-10(11(9)14(15)16)13(2)7-8-17-3/h4-6,12H,7-8H2,1-3H3. The van der Waals surface area contributed by atoms with Gasteiger partial charge in [-0.05, 0) is 12.1 Å². The van der Waals surface area contributed by atoms with E-state index in [4.69, 9.17) is 4.74 Å². The smallest absolute Gasteiger partial charge is 0.315 e. The highest BCUT2D eigenvalue weighted by Crippen LogP contribution is 2.34. The van der Waals surface area contributed by atoms with Crippen molar-refractivity contribution in [3.8, 4) is 0 Å². The second-order valence-electron chi connectivity index (χ2n) is 3.59. The average Bonchev–Trinajstić information content (AvgIpc) is 2.34. The number of methoxy groups -OCH3 is 1. The van der Waals surface area contributed by atoms with Crippen LogP contribution < -0.4 is 10.2 Å². The molecule has 6 heteroatoms. The average molecular weight is 239 g/mol. The molecule has 0 aliphatic heterocycles. The highest BCUT2D eigenvalue weighted by molar-refractivity contribution is 5.76. The van der Waals surface area contributed by atoms with Crippen molar-refractivity contribution in [3.63, 3.8) is 0 Å². The molecule has 0 radical (unpaired) electrons. The number of ether oxygens (including phenoxy) is 1. The molecule has 1 aromatic carbocycles. The number of nitro benzene ring substituents is 1. The van der Waals surface area contributed by atoms with Crippen LogP contribution in [0.25, 0.3) is 0 Å². The summed E-state index contributed by atoms with van der Waals surface area (Å²) in [7, 11) is 5.08. The summed E-state index contributed by atoms with van der Waals surface area (Å²) in [5.74, 6) is 0. The normalized spacial score (nSPS) is 10.1. The summed E-state index contributed by atoms with van der Waals surface area (Å²) in [5, 5.41) is 13.9. The molecule has 0 aliphatic rings. The number of hydrogen-bond acceptors (Lipinski definition) is 5. The molecule has 1 rings (SSSR count). The Morgan fingerprint density at radius 3 is 2.76 bits per heavy atom. The lowest BCUT2D eigenvalue weighted by Crippen LogP contribution is -2.23. The number of nitrogens with zero attached hydrogens (tertiary/aromatic N) is 2. The lowest BCUT2D eigenvalue weighted by Gasteiger charge is -2.19. The van der Waals surface area contributed by atoms with Gasteiger partial charge in [-0.3, -0.25) is 10.1 Å². The van der Waals surface area contributed by atoms with Crippen molar-refractivity contribution >= 4 is 17.1 Å². The Hall–Kier alpha value is -1.82. The zero-order valence-corrected chi connectivity index (χ0v) is 10.3. The molecule has 0 aliphatic carbocycles. The number of benzene rings is 1. The molecule has 1 N–H and O–H groups in total. The number of rotatable bonds is 6. The highest BCUT2D eigenvalue weighted by Gasteiger charge is 2.21. The third-order valence-electron chi connectivity index (χ3n) is 2.51. The van der Waals surface area contributed by atoms with Crippen molar-refractivity contribution in [2.45, 2.75) is 0 Å². The quantitative estimate of drug-likeness (QED) is 0.604. The van der Waals surface area contributed by atoms with Crippen molar-refractivity contribution in [1.82, 2.24) is 0 Å². The van der Waals surface area contributed by atoms with Crippen LogP contribution >= 0.6 is 0 Å². The van der Waals surface area contributed by atoms with Crippen molar-refractivity contribution in [3.05, 3.63) is 28.3 Å². The number of para-hydroxylation sites is 1. The lowest BCUT2D eigenvalue weighted by atomic mass is 10.2. The Bertz CT molecular complexity index is 396. The summed E-state index contributed by atoms with van der Waals surface area (Å²) >= 11 is 0. The summed E-state index contributed by atoms with van der Waals surface area (Å²) in [4.78, 5) is 12.5. The van der Waals surface area contributed by atoms with Gasteiger partial charge in [0.05, 0.1) is 11.5 Å². The van der Waals surface area contributed by atoms with Gasteiger partial charge in [-0.2, -0.15) is 0 Å². The van der Waals surface area contributed by atoms with Crippen LogP contribution in [0.15, 0.2) is 18.2 Å². The van der Waals surface area contributed by atoms with Gasteiger partial charge in [0.1, 0.15) is 11.4 Å². The Morgan fingerprint density at radius 2 is 2.24 bits per heavy atom. The fraction of sp³-hybridized carbons (Fsp3) is 0.455. The largest absolute Gasteiger partial charge is 0.383 e. The first kappa shape index (κ1) is 13.2. The van der Waals surface area contributed by atoms with Gasteiger partial charge in [0, 0.05) is 27.7 Å². The number of anilines is 2. The topological polar surface area (TPSA) is 67.6 Å². The van der Waals surface area contributed by atoms with Crippen LogP contribution in [-0.2, 0) is 4.74 Å². The number of nitro groups is 1. The van der Waals surface area contributed by atoms with Gasteiger partial charge in [-0.25, -0.2) is 0 Å². The molecule has 1 aromatic rings. The van der Waals surface area contributed by atoms with E-state index in [1.807, 2.05) is 4.90 Å². The van der Waals surface area contributed by atoms with Crippen molar-refractivity contribution in [2.24, 2.45) is 0 Å². The second-order valence-corrected chi connectivity index (χ2v) is 3.59. The highest BCUT2D eigenvalue weighted by atomic mass is 16.6. The van der Waals surface area contributed by atoms with Crippen molar-refractivity contribution in [1.29, 1.82) is 0 Å². The van der Waals surface area contributed by atoms with Crippen LogP contribution in [0, 0.1) is 10.1 Å². The van der Waals surface area contributed by atoms with Gasteiger partial charge in [-0.15, -0.1) is 0 Å². The summed E-state index contributed by atoms with van der Waals surface area (Å²) in [6.45, 7) is 1.13. The van der Waals surface area contributed by atoms with E-state index in [1.165, 1.54) is 0 Å². The van der Waals surface area contributed by atoms with Gasteiger partial charge in [0.25, 0.3) is 0 Å². The van der Waals surface area contributed by atoms with Crippen LogP contribution in [-0.4, -0.2) is 39.3 Å².